The van der Waals surface area contributed by atoms with E-state index in [0.29, 0.717) is 18.9 Å². The number of hydrogen-bond acceptors (Lipinski definition) is 4. The van der Waals surface area contributed by atoms with E-state index in [1.165, 1.54) is 6.08 Å². The van der Waals surface area contributed by atoms with E-state index in [1.807, 2.05) is 30.3 Å². The number of hydrogen-bond donors (Lipinski definition) is 2. The van der Waals surface area contributed by atoms with Crippen molar-refractivity contribution in [1.29, 1.82) is 0 Å². The number of furan rings is 1. The highest BCUT2D eigenvalue weighted by Gasteiger charge is 2.03. The van der Waals surface area contributed by atoms with Gasteiger partial charge in [-0.3, -0.25) is 9.59 Å². The Morgan fingerprint density at radius 2 is 2.09 bits per heavy atom. The number of benzene rings is 1. The van der Waals surface area contributed by atoms with Crippen molar-refractivity contribution >= 4 is 28.9 Å². The van der Waals surface area contributed by atoms with Gasteiger partial charge < -0.3 is 19.8 Å². The SMILES string of the molecule is COCCNC(=O)CNC(=O)/C=C/c1cc2ccccc2o1. The molecular formula is C16H18N2O4. The van der Waals surface area contributed by atoms with Crippen molar-refractivity contribution in [2.45, 2.75) is 0 Å². The summed E-state index contributed by atoms with van der Waals surface area (Å²) >= 11 is 0. The normalized spacial score (nSPS) is 11.0. The van der Waals surface area contributed by atoms with E-state index in [9.17, 15) is 9.59 Å². The van der Waals surface area contributed by atoms with Crippen LogP contribution < -0.4 is 10.6 Å². The van der Waals surface area contributed by atoms with Crippen molar-refractivity contribution in [3.8, 4) is 0 Å². The topological polar surface area (TPSA) is 80.6 Å². The van der Waals surface area contributed by atoms with Gasteiger partial charge in [-0.2, -0.15) is 0 Å². The first-order valence-electron chi connectivity index (χ1n) is 6.89. The van der Waals surface area contributed by atoms with Crippen LogP contribution in [0.4, 0.5) is 0 Å². The molecule has 0 aliphatic heterocycles. The van der Waals surface area contributed by atoms with E-state index in [1.54, 1.807) is 13.2 Å². The van der Waals surface area contributed by atoms with E-state index in [0.717, 1.165) is 11.0 Å². The summed E-state index contributed by atoms with van der Waals surface area (Å²) in [5, 5.41) is 6.07. The molecule has 6 heteroatoms. The summed E-state index contributed by atoms with van der Waals surface area (Å²) in [5.41, 5.74) is 0.764. The van der Waals surface area contributed by atoms with Crippen LogP contribution in [0.2, 0.25) is 0 Å². The Kier molecular flexibility index (Phi) is 5.73. The molecule has 22 heavy (non-hydrogen) atoms. The van der Waals surface area contributed by atoms with Gasteiger partial charge in [0, 0.05) is 25.1 Å². The van der Waals surface area contributed by atoms with Crippen molar-refractivity contribution in [1.82, 2.24) is 10.6 Å². The summed E-state index contributed by atoms with van der Waals surface area (Å²) in [7, 11) is 1.55. The summed E-state index contributed by atoms with van der Waals surface area (Å²) in [6.07, 6.45) is 2.90. The van der Waals surface area contributed by atoms with E-state index in [-0.39, 0.29) is 18.4 Å². The summed E-state index contributed by atoms with van der Waals surface area (Å²) in [5.74, 6) is -0.0363. The van der Waals surface area contributed by atoms with Gasteiger partial charge in [-0.05, 0) is 18.2 Å². The van der Waals surface area contributed by atoms with Crippen LogP contribution in [0.25, 0.3) is 17.0 Å². The van der Waals surface area contributed by atoms with E-state index in [4.69, 9.17) is 9.15 Å². The molecule has 0 atom stereocenters. The zero-order valence-corrected chi connectivity index (χ0v) is 12.3. The van der Waals surface area contributed by atoms with Crippen molar-refractivity contribution in [3.63, 3.8) is 0 Å². The lowest BCUT2D eigenvalue weighted by Crippen LogP contribution is -2.37. The monoisotopic (exact) mass is 302 g/mol. The summed E-state index contributed by atoms with van der Waals surface area (Å²) < 4.78 is 10.4. The van der Waals surface area contributed by atoms with Gasteiger partial charge in [0.05, 0.1) is 13.2 Å². The first kappa shape index (κ1) is 15.8. The van der Waals surface area contributed by atoms with Gasteiger partial charge in [-0.1, -0.05) is 18.2 Å². The predicted octanol–water partition coefficient (Wildman–Crippen LogP) is 1.32. The Bertz CT molecular complexity index is 643. The maximum atomic E-state index is 11.6. The molecule has 2 aromatic rings. The zero-order chi connectivity index (χ0) is 15.8. The predicted molar refractivity (Wildman–Crippen MR) is 83.1 cm³/mol. The van der Waals surface area contributed by atoms with Crippen LogP contribution in [0.1, 0.15) is 5.76 Å². The number of methoxy groups -OCH3 is 1. The van der Waals surface area contributed by atoms with Crippen LogP contribution in [0, 0.1) is 0 Å². The number of carbonyl (C=O) groups excluding carboxylic acids is 2. The molecule has 0 aliphatic carbocycles. The molecule has 0 radical (unpaired) electrons. The van der Waals surface area contributed by atoms with Crippen molar-refractivity contribution in [3.05, 3.63) is 42.2 Å². The Hall–Kier alpha value is -2.60. The third-order valence-corrected chi connectivity index (χ3v) is 2.90. The van der Waals surface area contributed by atoms with E-state index < -0.39 is 0 Å². The van der Waals surface area contributed by atoms with E-state index in [2.05, 4.69) is 10.6 Å². The molecule has 0 aliphatic rings. The minimum atomic E-state index is -0.359. The molecule has 2 rings (SSSR count). The maximum Gasteiger partial charge on any atom is 0.244 e. The van der Waals surface area contributed by atoms with Gasteiger partial charge in [0.25, 0.3) is 0 Å². The average molecular weight is 302 g/mol. The molecule has 1 heterocycles. The zero-order valence-electron chi connectivity index (χ0n) is 12.3. The van der Waals surface area contributed by atoms with Crippen LogP contribution in [0.15, 0.2) is 40.8 Å². The average Bonchev–Trinajstić information content (AvgIpc) is 2.94. The Morgan fingerprint density at radius 3 is 2.86 bits per heavy atom. The Labute approximate surface area is 128 Å². The number of amides is 2. The number of nitrogens with one attached hydrogen (secondary N) is 2. The van der Waals surface area contributed by atoms with Crippen LogP contribution >= 0.6 is 0 Å². The second-order valence-corrected chi connectivity index (χ2v) is 4.58. The lowest BCUT2D eigenvalue weighted by atomic mass is 10.2. The van der Waals surface area contributed by atoms with Gasteiger partial charge in [0.1, 0.15) is 11.3 Å². The highest BCUT2D eigenvalue weighted by atomic mass is 16.5. The third kappa shape index (κ3) is 4.75. The Morgan fingerprint density at radius 1 is 1.27 bits per heavy atom. The molecule has 116 valence electrons. The molecule has 2 amide bonds. The number of carbonyl (C=O) groups is 2. The molecule has 0 saturated heterocycles. The number of fused-ring (bicyclic) bond motifs is 1. The van der Waals surface area contributed by atoms with E-state index >= 15 is 0 Å². The quantitative estimate of drug-likeness (QED) is 0.597. The molecule has 0 spiro atoms. The fourth-order valence-electron chi connectivity index (χ4n) is 1.82. The maximum absolute atomic E-state index is 11.6. The molecule has 0 saturated carbocycles. The molecule has 0 fully saturated rings. The summed E-state index contributed by atoms with van der Waals surface area (Å²) in [4.78, 5) is 23.0. The molecule has 2 N–H and O–H groups in total. The molecular weight excluding hydrogens is 284 g/mol. The lowest BCUT2D eigenvalue weighted by molar-refractivity contribution is -0.124. The smallest absolute Gasteiger partial charge is 0.244 e. The highest BCUT2D eigenvalue weighted by Crippen LogP contribution is 2.19. The first-order chi connectivity index (χ1) is 10.7. The minimum Gasteiger partial charge on any atom is -0.457 e. The minimum absolute atomic E-state index is 0.0764. The second kappa shape index (κ2) is 7.99. The van der Waals surface area contributed by atoms with Crippen molar-refractivity contribution in [2.75, 3.05) is 26.8 Å². The number of ether oxygens (including phenoxy) is 1. The first-order valence-corrected chi connectivity index (χ1v) is 6.89. The summed E-state index contributed by atoms with van der Waals surface area (Å²) in [6.45, 7) is 0.776. The van der Waals surface area contributed by atoms with Gasteiger partial charge in [-0.25, -0.2) is 0 Å². The van der Waals surface area contributed by atoms with Gasteiger partial charge in [-0.15, -0.1) is 0 Å². The number of para-hydroxylation sites is 1. The van der Waals surface area contributed by atoms with Crippen LogP contribution in [-0.4, -0.2) is 38.6 Å². The largest absolute Gasteiger partial charge is 0.457 e. The lowest BCUT2D eigenvalue weighted by Gasteiger charge is -2.04. The molecule has 1 aromatic heterocycles. The van der Waals surface area contributed by atoms with Gasteiger partial charge in [0.2, 0.25) is 11.8 Å². The fourth-order valence-corrected chi connectivity index (χ4v) is 1.82. The molecule has 0 bridgehead atoms. The molecule has 6 nitrogen and oxygen atoms in total. The van der Waals surface area contributed by atoms with Crippen LogP contribution in [0.3, 0.4) is 0 Å². The number of rotatable bonds is 7. The van der Waals surface area contributed by atoms with Crippen LogP contribution in [-0.2, 0) is 14.3 Å². The van der Waals surface area contributed by atoms with Crippen LogP contribution in [0.5, 0.6) is 0 Å². The Balaban J connectivity index is 1.80. The van der Waals surface area contributed by atoms with Crippen molar-refractivity contribution < 1.29 is 18.7 Å². The molecule has 1 aromatic carbocycles. The fraction of sp³-hybridized carbons (Fsp3) is 0.250. The second-order valence-electron chi connectivity index (χ2n) is 4.58. The van der Waals surface area contributed by atoms with Gasteiger partial charge >= 0.3 is 0 Å². The van der Waals surface area contributed by atoms with Gasteiger partial charge in [0.15, 0.2) is 0 Å². The summed E-state index contributed by atoms with van der Waals surface area (Å²) in [6, 6.07) is 9.43. The van der Waals surface area contributed by atoms with Crippen molar-refractivity contribution in [2.24, 2.45) is 0 Å². The molecule has 0 unspecified atom stereocenters. The highest BCUT2D eigenvalue weighted by molar-refractivity contribution is 5.94. The standard InChI is InChI=1S/C16H18N2O4/c1-21-9-8-17-16(20)11-18-15(19)7-6-13-10-12-4-2-3-5-14(12)22-13/h2-7,10H,8-9,11H2,1H3,(H,17,20)(H,18,19)/b7-6+. The third-order valence-electron chi connectivity index (χ3n) is 2.90.